The molecule has 0 radical (unpaired) electrons. The van der Waals surface area contributed by atoms with Gasteiger partial charge in [-0.3, -0.25) is 0 Å². The molecular formula is C17H26O2. The average molecular weight is 262 g/mol. The zero-order valence-electron chi connectivity index (χ0n) is 12.5. The molecule has 2 atom stereocenters. The van der Waals surface area contributed by atoms with Gasteiger partial charge in [0.2, 0.25) is 0 Å². The van der Waals surface area contributed by atoms with Crippen LogP contribution in [0.1, 0.15) is 65.7 Å². The van der Waals surface area contributed by atoms with E-state index in [2.05, 4.69) is 24.7 Å². The summed E-state index contributed by atoms with van der Waals surface area (Å²) in [6, 6.07) is 0. The van der Waals surface area contributed by atoms with E-state index in [4.69, 9.17) is 15.9 Å². The maximum Gasteiger partial charge on any atom is 0.163 e. The lowest BCUT2D eigenvalue weighted by atomic mass is 10.0. The first-order valence-electron chi connectivity index (χ1n) is 7.38. The zero-order valence-corrected chi connectivity index (χ0v) is 12.5. The standard InChI is InChI=1S/C17H26O2/c1-5-7-9-10-12-14-16-15(13-11-8-6-2)18-17(3,4)19-16/h2,15-16H,5,7,9-10,12-14H2,1,3-4H3/t15-,16-/m0/s1. The van der Waals surface area contributed by atoms with E-state index in [1.165, 1.54) is 32.1 Å². The van der Waals surface area contributed by atoms with Crippen LogP contribution in [-0.4, -0.2) is 18.0 Å². The number of rotatable bonds is 7. The molecule has 106 valence electrons. The van der Waals surface area contributed by atoms with E-state index in [1.807, 2.05) is 13.8 Å². The van der Waals surface area contributed by atoms with E-state index in [1.54, 1.807) is 0 Å². The molecule has 1 saturated heterocycles. The molecule has 2 heteroatoms. The summed E-state index contributed by atoms with van der Waals surface area (Å²) in [5.41, 5.74) is 0. The highest BCUT2D eigenvalue weighted by Crippen LogP contribution is 2.32. The highest BCUT2D eigenvalue weighted by Gasteiger charge is 2.40. The van der Waals surface area contributed by atoms with Crippen molar-refractivity contribution >= 4 is 0 Å². The fourth-order valence-corrected chi connectivity index (χ4v) is 2.48. The molecule has 1 heterocycles. The Morgan fingerprint density at radius 2 is 1.74 bits per heavy atom. The van der Waals surface area contributed by atoms with Crippen molar-refractivity contribution in [2.45, 2.75) is 83.7 Å². The van der Waals surface area contributed by atoms with Crippen LogP contribution in [0.15, 0.2) is 0 Å². The minimum atomic E-state index is -0.490. The summed E-state index contributed by atoms with van der Waals surface area (Å²) < 4.78 is 11.8. The highest BCUT2D eigenvalue weighted by molar-refractivity contribution is 5.22. The first kappa shape index (κ1) is 16.1. The van der Waals surface area contributed by atoms with Crippen LogP contribution < -0.4 is 0 Å². The van der Waals surface area contributed by atoms with Crippen molar-refractivity contribution in [3.8, 4) is 24.2 Å². The van der Waals surface area contributed by atoms with Crippen molar-refractivity contribution < 1.29 is 9.47 Å². The molecule has 0 amide bonds. The molecular weight excluding hydrogens is 236 g/mol. The van der Waals surface area contributed by atoms with Gasteiger partial charge in [0.1, 0.15) is 0 Å². The Morgan fingerprint density at radius 3 is 2.42 bits per heavy atom. The van der Waals surface area contributed by atoms with E-state index < -0.39 is 5.79 Å². The lowest BCUT2D eigenvalue weighted by molar-refractivity contribution is -0.146. The van der Waals surface area contributed by atoms with Crippen molar-refractivity contribution in [1.82, 2.24) is 0 Å². The van der Waals surface area contributed by atoms with Gasteiger partial charge < -0.3 is 9.47 Å². The Hall–Kier alpha value is -0.960. The summed E-state index contributed by atoms with van der Waals surface area (Å²) in [7, 11) is 0. The van der Waals surface area contributed by atoms with Gasteiger partial charge in [-0.15, -0.1) is 6.42 Å². The largest absolute Gasteiger partial charge is 0.345 e. The van der Waals surface area contributed by atoms with E-state index in [-0.39, 0.29) is 12.2 Å². The average Bonchev–Trinajstić information content (AvgIpc) is 2.64. The molecule has 0 aromatic heterocycles. The summed E-state index contributed by atoms with van der Waals surface area (Å²) in [6.45, 7) is 6.16. The van der Waals surface area contributed by atoms with Gasteiger partial charge in [0.25, 0.3) is 0 Å². The van der Waals surface area contributed by atoms with E-state index in [0.29, 0.717) is 6.42 Å². The van der Waals surface area contributed by atoms with Crippen LogP contribution in [-0.2, 0) is 9.47 Å². The Bertz CT molecular complexity index is 354. The molecule has 0 aliphatic carbocycles. The Labute approximate surface area is 118 Å². The van der Waals surface area contributed by atoms with Gasteiger partial charge in [0.05, 0.1) is 12.2 Å². The smallest absolute Gasteiger partial charge is 0.163 e. The number of hydrogen-bond acceptors (Lipinski definition) is 2. The van der Waals surface area contributed by atoms with Crippen molar-refractivity contribution in [2.24, 2.45) is 0 Å². The van der Waals surface area contributed by atoms with Crippen LogP contribution in [0.5, 0.6) is 0 Å². The van der Waals surface area contributed by atoms with Crippen LogP contribution in [0, 0.1) is 24.2 Å². The Balaban J connectivity index is 2.37. The fraction of sp³-hybridized carbons (Fsp3) is 0.765. The molecule has 1 rings (SSSR count). The summed E-state index contributed by atoms with van der Waals surface area (Å²) in [5, 5.41) is 0. The quantitative estimate of drug-likeness (QED) is 0.512. The van der Waals surface area contributed by atoms with Crippen molar-refractivity contribution in [3.63, 3.8) is 0 Å². The molecule has 2 nitrogen and oxygen atoms in total. The van der Waals surface area contributed by atoms with Crippen LogP contribution in [0.3, 0.4) is 0 Å². The molecule has 0 saturated carbocycles. The van der Waals surface area contributed by atoms with Gasteiger partial charge in [-0.25, -0.2) is 0 Å². The van der Waals surface area contributed by atoms with Gasteiger partial charge in [0.15, 0.2) is 5.79 Å². The van der Waals surface area contributed by atoms with Gasteiger partial charge in [-0.2, -0.15) is 0 Å². The second kappa shape index (κ2) is 8.26. The maximum atomic E-state index is 5.96. The lowest BCUT2D eigenvalue weighted by Crippen LogP contribution is -2.21. The van der Waals surface area contributed by atoms with E-state index >= 15 is 0 Å². The number of terminal acetylenes is 1. The molecule has 0 aromatic rings. The van der Waals surface area contributed by atoms with Crippen LogP contribution in [0.2, 0.25) is 0 Å². The molecule has 0 N–H and O–H groups in total. The third-order valence-electron chi connectivity index (χ3n) is 3.34. The molecule has 0 spiro atoms. The normalized spacial score (nSPS) is 24.5. The zero-order chi connectivity index (χ0) is 14.1. The molecule has 19 heavy (non-hydrogen) atoms. The van der Waals surface area contributed by atoms with E-state index in [9.17, 15) is 0 Å². The van der Waals surface area contributed by atoms with Crippen molar-refractivity contribution in [2.75, 3.05) is 0 Å². The first-order valence-corrected chi connectivity index (χ1v) is 7.38. The summed E-state index contributed by atoms with van der Waals surface area (Å²) in [4.78, 5) is 0. The fourth-order valence-electron chi connectivity index (χ4n) is 2.48. The monoisotopic (exact) mass is 262 g/mol. The summed E-state index contributed by atoms with van der Waals surface area (Å²) in [5.74, 6) is 7.46. The van der Waals surface area contributed by atoms with Gasteiger partial charge in [0, 0.05) is 6.42 Å². The molecule has 0 bridgehead atoms. The molecule has 1 aliphatic rings. The predicted octanol–water partition coefficient (Wildman–Crippen LogP) is 3.89. The number of ether oxygens (including phenoxy) is 2. The minimum Gasteiger partial charge on any atom is -0.345 e. The third kappa shape index (κ3) is 6.15. The molecule has 0 aromatic carbocycles. The van der Waals surface area contributed by atoms with E-state index in [0.717, 1.165) is 6.42 Å². The van der Waals surface area contributed by atoms with Crippen LogP contribution in [0.4, 0.5) is 0 Å². The Kier molecular flexibility index (Phi) is 7.00. The van der Waals surface area contributed by atoms with Gasteiger partial charge in [-0.1, -0.05) is 44.9 Å². The molecule has 1 aliphatic heterocycles. The third-order valence-corrected chi connectivity index (χ3v) is 3.34. The predicted molar refractivity (Wildman–Crippen MR) is 78.4 cm³/mol. The minimum absolute atomic E-state index is 0.0574. The first-order chi connectivity index (χ1) is 9.09. The topological polar surface area (TPSA) is 18.5 Å². The van der Waals surface area contributed by atoms with Gasteiger partial charge >= 0.3 is 0 Å². The van der Waals surface area contributed by atoms with Crippen LogP contribution in [0.25, 0.3) is 0 Å². The summed E-state index contributed by atoms with van der Waals surface area (Å²) >= 11 is 0. The van der Waals surface area contributed by atoms with Crippen LogP contribution >= 0.6 is 0 Å². The second-order valence-electron chi connectivity index (χ2n) is 5.57. The molecule has 0 unspecified atom stereocenters. The van der Waals surface area contributed by atoms with Crippen molar-refractivity contribution in [1.29, 1.82) is 0 Å². The number of unbranched alkanes of at least 4 members (excludes halogenated alkanes) is 4. The lowest BCUT2D eigenvalue weighted by Gasteiger charge is -2.16. The SMILES string of the molecule is C#CC#CC[C@@H]1OC(C)(C)O[C@H]1CCCCCCC. The highest BCUT2D eigenvalue weighted by atomic mass is 16.7. The van der Waals surface area contributed by atoms with Gasteiger partial charge in [-0.05, 0) is 32.1 Å². The molecule has 1 fully saturated rings. The Morgan fingerprint density at radius 1 is 1.05 bits per heavy atom. The number of hydrogen-bond donors (Lipinski definition) is 0. The van der Waals surface area contributed by atoms with Crippen molar-refractivity contribution in [3.05, 3.63) is 0 Å². The summed E-state index contributed by atoms with van der Waals surface area (Å²) in [6.07, 6.45) is 13.4. The second-order valence-corrected chi connectivity index (χ2v) is 5.57. The maximum absolute atomic E-state index is 5.96.